The molecule has 0 aromatic heterocycles. The average Bonchev–Trinajstić information content (AvgIpc) is 2.37. The van der Waals surface area contributed by atoms with E-state index in [2.05, 4.69) is 75.3 Å². The van der Waals surface area contributed by atoms with E-state index in [-0.39, 0.29) is 5.41 Å². The summed E-state index contributed by atoms with van der Waals surface area (Å²) in [4.78, 5) is 4.36. The van der Waals surface area contributed by atoms with Gasteiger partial charge in [0.25, 0.3) is 0 Å². The van der Waals surface area contributed by atoms with Gasteiger partial charge in [0.05, 0.1) is 11.9 Å². The van der Waals surface area contributed by atoms with Crippen molar-refractivity contribution in [2.24, 2.45) is 4.99 Å². The molecule has 0 N–H and O–H groups in total. The Morgan fingerprint density at radius 3 is 1.95 bits per heavy atom. The SMILES string of the molecule is Cc1ccc(N=[C]c2ccc(C(C)(C)C)cc2)cc1. The molecule has 97 valence electrons. The van der Waals surface area contributed by atoms with Crippen LogP contribution in [0.15, 0.2) is 53.5 Å². The van der Waals surface area contributed by atoms with Gasteiger partial charge in [-0.2, -0.15) is 0 Å². The summed E-state index contributed by atoms with van der Waals surface area (Å²) in [5.41, 5.74) is 4.70. The number of aryl methyl sites for hydroxylation is 1. The Kier molecular flexibility index (Phi) is 3.84. The molecule has 0 fully saturated rings. The Labute approximate surface area is 116 Å². The van der Waals surface area contributed by atoms with Crippen molar-refractivity contribution in [3.05, 3.63) is 65.2 Å². The first kappa shape index (κ1) is 13.5. The van der Waals surface area contributed by atoms with Crippen molar-refractivity contribution in [2.45, 2.75) is 33.1 Å². The average molecular weight is 250 g/mol. The Morgan fingerprint density at radius 1 is 0.842 bits per heavy atom. The summed E-state index contributed by atoms with van der Waals surface area (Å²) in [6.45, 7) is 8.72. The van der Waals surface area contributed by atoms with Crippen LogP contribution in [0.2, 0.25) is 0 Å². The van der Waals surface area contributed by atoms with Crippen molar-refractivity contribution < 1.29 is 0 Å². The van der Waals surface area contributed by atoms with Crippen LogP contribution >= 0.6 is 0 Å². The van der Waals surface area contributed by atoms with Crippen LogP contribution < -0.4 is 0 Å². The van der Waals surface area contributed by atoms with Crippen molar-refractivity contribution in [3.8, 4) is 0 Å². The van der Waals surface area contributed by atoms with Gasteiger partial charge in [0.1, 0.15) is 0 Å². The molecule has 0 bridgehead atoms. The summed E-state index contributed by atoms with van der Waals surface area (Å²) in [5.74, 6) is 0. The molecule has 0 saturated heterocycles. The highest BCUT2D eigenvalue weighted by Gasteiger charge is 2.12. The van der Waals surface area contributed by atoms with Crippen molar-refractivity contribution in [1.29, 1.82) is 0 Å². The number of rotatable bonds is 2. The van der Waals surface area contributed by atoms with Crippen LogP contribution in [0.4, 0.5) is 5.69 Å². The van der Waals surface area contributed by atoms with E-state index in [1.54, 1.807) is 0 Å². The Bertz CT molecular complexity index is 554. The number of hydrogen-bond donors (Lipinski definition) is 0. The second-order valence-electron chi connectivity index (χ2n) is 5.89. The van der Waals surface area contributed by atoms with Crippen LogP contribution in [0.25, 0.3) is 0 Å². The summed E-state index contributed by atoms with van der Waals surface area (Å²) in [5, 5.41) is 0. The predicted molar refractivity (Wildman–Crippen MR) is 82.5 cm³/mol. The van der Waals surface area contributed by atoms with Crippen molar-refractivity contribution in [2.75, 3.05) is 0 Å². The minimum atomic E-state index is 0.187. The Morgan fingerprint density at radius 2 is 1.42 bits per heavy atom. The van der Waals surface area contributed by atoms with Crippen molar-refractivity contribution in [1.82, 2.24) is 0 Å². The molecule has 1 nitrogen and oxygen atoms in total. The zero-order valence-electron chi connectivity index (χ0n) is 12.1. The lowest BCUT2D eigenvalue weighted by molar-refractivity contribution is 0.590. The lowest BCUT2D eigenvalue weighted by Crippen LogP contribution is -2.10. The quantitative estimate of drug-likeness (QED) is 0.671. The fourth-order valence-corrected chi connectivity index (χ4v) is 1.79. The van der Waals surface area contributed by atoms with Gasteiger partial charge in [0.15, 0.2) is 0 Å². The van der Waals surface area contributed by atoms with E-state index in [1.807, 2.05) is 12.1 Å². The Balaban J connectivity index is 2.13. The van der Waals surface area contributed by atoms with Crippen LogP contribution in [0.3, 0.4) is 0 Å². The number of aliphatic imine (C=N–C) groups is 1. The van der Waals surface area contributed by atoms with E-state index < -0.39 is 0 Å². The molecule has 1 heteroatoms. The molecule has 0 aliphatic rings. The highest BCUT2D eigenvalue weighted by atomic mass is 14.7. The van der Waals surface area contributed by atoms with Crippen LogP contribution in [0, 0.1) is 6.92 Å². The summed E-state index contributed by atoms with van der Waals surface area (Å²) in [6, 6.07) is 16.6. The van der Waals surface area contributed by atoms with Gasteiger partial charge in [-0.3, -0.25) is 0 Å². The maximum Gasteiger partial charge on any atom is 0.0972 e. The van der Waals surface area contributed by atoms with Gasteiger partial charge in [-0.15, -0.1) is 0 Å². The molecular weight excluding hydrogens is 230 g/mol. The third kappa shape index (κ3) is 3.78. The van der Waals surface area contributed by atoms with E-state index in [0.717, 1.165) is 11.3 Å². The standard InChI is InChI=1S/C18H20N/c1-14-5-11-17(12-6-14)19-13-15-7-9-16(10-8-15)18(2,3)4/h5-12H,1-4H3. The molecule has 2 rings (SSSR count). The molecule has 0 spiro atoms. The zero-order valence-corrected chi connectivity index (χ0v) is 12.1. The number of nitrogens with zero attached hydrogens (tertiary/aromatic N) is 1. The van der Waals surface area contributed by atoms with E-state index in [9.17, 15) is 0 Å². The fraction of sp³-hybridized carbons (Fsp3) is 0.278. The van der Waals surface area contributed by atoms with Gasteiger partial charge >= 0.3 is 0 Å². The van der Waals surface area contributed by atoms with Gasteiger partial charge in [-0.05, 0) is 30.0 Å². The molecule has 0 heterocycles. The van der Waals surface area contributed by atoms with Gasteiger partial charge < -0.3 is 0 Å². The first-order chi connectivity index (χ1) is 8.95. The van der Waals surface area contributed by atoms with E-state index in [0.29, 0.717) is 0 Å². The van der Waals surface area contributed by atoms with Crippen LogP contribution in [-0.4, -0.2) is 6.21 Å². The van der Waals surface area contributed by atoms with Crippen molar-refractivity contribution >= 4 is 11.9 Å². The van der Waals surface area contributed by atoms with Gasteiger partial charge in [0, 0.05) is 5.56 Å². The van der Waals surface area contributed by atoms with Gasteiger partial charge in [0.2, 0.25) is 0 Å². The molecule has 0 aliphatic carbocycles. The lowest BCUT2D eigenvalue weighted by atomic mass is 9.87. The molecule has 0 aliphatic heterocycles. The molecule has 0 unspecified atom stereocenters. The third-order valence-electron chi connectivity index (χ3n) is 3.10. The van der Waals surface area contributed by atoms with Gasteiger partial charge in [-0.25, -0.2) is 4.99 Å². The molecule has 19 heavy (non-hydrogen) atoms. The zero-order chi connectivity index (χ0) is 13.9. The minimum Gasteiger partial charge on any atom is -0.246 e. The van der Waals surface area contributed by atoms with E-state index in [4.69, 9.17) is 0 Å². The second-order valence-corrected chi connectivity index (χ2v) is 5.89. The number of hydrogen-bond acceptors (Lipinski definition) is 1. The molecular formula is C18H20N. The van der Waals surface area contributed by atoms with E-state index in [1.165, 1.54) is 11.1 Å². The summed E-state index contributed by atoms with van der Waals surface area (Å²) >= 11 is 0. The largest absolute Gasteiger partial charge is 0.246 e. The number of benzene rings is 2. The highest BCUT2D eigenvalue weighted by Crippen LogP contribution is 2.22. The predicted octanol–water partition coefficient (Wildman–Crippen LogP) is 4.92. The molecule has 1 radical (unpaired) electrons. The fourth-order valence-electron chi connectivity index (χ4n) is 1.79. The first-order valence-corrected chi connectivity index (χ1v) is 6.59. The molecule has 0 amide bonds. The van der Waals surface area contributed by atoms with Crippen LogP contribution in [-0.2, 0) is 5.41 Å². The maximum atomic E-state index is 4.36. The smallest absolute Gasteiger partial charge is 0.0972 e. The maximum absolute atomic E-state index is 4.36. The minimum absolute atomic E-state index is 0.187. The first-order valence-electron chi connectivity index (χ1n) is 6.59. The molecule has 2 aromatic rings. The third-order valence-corrected chi connectivity index (χ3v) is 3.10. The summed E-state index contributed by atoms with van der Waals surface area (Å²) in [7, 11) is 0. The molecule has 0 saturated carbocycles. The lowest BCUT2D eigenvalue weighted by Gasteiger charge is -2.18. The highest BCUT2D eigenvalue weighted by molar-refractivity contribution is 5.82. The molecule has 2 aromatic carbocycles. The monoisotopic (exact) mass is 250 g/mol. The Hall–Kier alpha value is -1.89. The van der Waals surface area contributed by atoms with Crippen LogP contribution in [0.1, 0.15) is 37.5 Å². The molecule has 0 atom stereocenters. The van der Waals surface area contributed by atoms with Crippen molar-refractivity contribution in [3.63, 3.8) is 0 Å². The van der Waals surface area contributed by atoms with Crippen LogP contribution in [0.5, 0.6) is 0 Å². The summed E-state index contributed by atoms with van der Waals surface area (Å²) in [6.07, 6.45) is 3.08. The van der Waals surface area contributed by atoms with Gasteiger partial charge in [-0.1, -0.05) is 62.7 Å². The summed E-state index contributed by atoms with van der Waals surface area (Å²) < 4.78 is 0. The topological polar surface area (TPSA) is 12.4 Å². The van der Waals surface area contributed by atoms with E-state index >= 15 is 0 Å². The second kappa shape index (κ2) is 5.40. The normalized spacial score (nSPS) is 12.0.